The zero-order valence-corrected chi connectivity index (χ0v) is 22.1. The summed E-state index contributed by atoms with van der Waals surface area (Å²) < 4.78 is 38.4. The lowest BCUT2D eigenvalue weighted by atomic mass is 10.1. The van der Waals surface area contributed by atoms with Gasteiger partial charge in [-0.3, -0.25) is 9.36 Å². The lowest BCUT2D eigenvalue weighted by Crippen LogP contribution is -2.41. The lowest BCUT2D eigenvalue weighted by Gasteiger charge is -2.28. The standard InChI is InChI=1S/C21H27ClFN4O7PS/c1-12(2)32-18(29)13(3)26-35(36,34-14-7-5-4-6-8-14)31-11-15-17(28)21(22,23)19(33-15)27-10-9-16(24)25-20(27)30/h4-10,12-13,15,17,19,28H,11H2,1-3H3,(H,26,36)(H2,24,25,30)/t13-,15+,17+,19+,21-,35+/m0/s1. The Balaban J connectivity index is 1.79. The van der Waals surface area contributed by atoms with Gasteiger partial charge in [0.05, 0.1) is 12.7 Å². The average molecular weight is 565 g/mol. The number of aliphatic hydroxyl groups is 1. The van der Waals surface area contributed by atoms with Crippen molar-refractivity contribution in [3.63, 3.8) is 0 Å². The summed E-state index contributed by atoms with van der Waals surface area (Å²) in [6, 6.07) is 8.79. The number of benzene rings is 1. The predicted octanol–water partition coefficient (Wildman–Crippen LogP) is 2.24. The van der Waals surface area contributed by atoms with Crippen LogP contribution < -0.4 is 21.0 Å². The molecule has 0 saturated carbocycles. The first-order valence-corrected chi connectivity index (χ1v) is 13.9. The summed E-state index contributed by atoms with van der Waals surface area (Å²) in [7, 11) is 0. The van der Waals surface area contributed by atoms with Gasteiger partial charge in [0.15, 0.2) is 6.23 Å². The summed E-state index contributed by atoms with van der Waals surface area (Å²) in [4.78, 5) is 28.0. The van der Waals surface area contributed by atoms with Crippen LogP contribution in [-0.2, 0) is 30.6 Å². The number of hydrogen-bond acceptors (Lipinski definition) is 10. The average Bonchev–Trinajstić information content (AvgIpc) is 3.01. The van der Waals surface area contributed by atoms with Crippen LogP contribution in [0.1, 0.15) is 27.0 Å². The molecular weight excluding hydrogens is 538 g/mol. The smallest absolute Gasteiger partial charge is 0.351 e. The van der Waals surface area contributed by atoms with Gasteiger partial charge in [0.2, 0.25) is 0 Å². The fourth-order valence-corrected chi connectivity index (χ4v) is 5.93. The van der Waals surface area contributed by atoms with Gasteiger partial charge in [-0.2, -0.15) is 4.98 Å². The van der Waals surface area contributed by atoms with Gasteiger partial charge >= 0.3 is 18.3 Å². The van der Waals surface area contributed by atoms with Crippen molar-refractivity contribution in [2.75, 3.05) is 12.3 Å². The van der Waals surface area contributed by atoms with E-state index in [0.717, 1.165) is 10.8 Å². The summed E-state index contributed by atoms with van der Waals surface area (Å²) in [5, 5.41) is 10.4. The number of hydrogen-bond donors (Lipinski definition) is 3. The maximum atomic E-state index is 15.3. The highest BCUT2D eigenvalue weighted by atomic mass is 35.5. The van der Waals surface area contributed by atoms with Crippen molar-refractivity contribution in [1.82, 2.24) is 14.6 Å². The fraction of sp³-hybridized carbons (Fsp3) is 0.476. The second-order valence-electron chi connectivity index (χ2n) is 8.22. The van der Waals surface area contributed by atoms with E-state index in [4.69, 9.17) is 47.7 Å². The van der Waals surface area contributed by atoms with Crippen LogP contribution in [0.4, 0.5) is 10.2 Å². The number of para-hydroxylation sites is 1. The van der Waals surface area contributed by atoms with Crippen molar-refractivity contribution in [1.29, 1.82) is 0 Å². The van der Waals surface area contributed by atoms with Crippen molar-refractivity contribution < 1.29 is 32.8 Å². The monoisotopic (exact) mass is 564 g/mol. The number of ether oxygens (including phenoxy) is 2. The van der Waals surface area contributed by atoms with Crippen molar-refractivity contribution in [3.05, 3.63) is 53.1 Å². The van der Waals surface area contributed by atoms with Crippen LogP contribution in [0.3, 0.4) is 0 Å². The molecule has 0 spiro atoms. The summed E-state index contributed by atoms with van der Waals surface area (Å²) in [5.41, 5.74) is 4.55. The minimum absolute atomic E-state index is 0.0800. The molecule has 4 N–H and O–H groups in total. The summed E-state index contributed by atoms with van der Waals surface area (Å²) in [6.45, 7) is 0.933. The molecule has 1 aromatic carbocycles. The van der Waals surface area contributed by atoms with Crippen LogP contribution in [0.25, 0.3) is 0 Å². The van der Waals surface area contributed by atoms with Crippen LogP contribution in [0.2, 0.25) is 0 Å². The van der Waals surface area contributed by atoms with Gasteiger partial charge in [0.1, 0.15) is 29.8 Å². The third-order valence-corrected chi connectivity index (χ3v) is 7.83. The minimum Gasteiger partial charge on any atom is -0.462 e. The molecule has 15 heteroatoms. The Morgan fingerprint density at radius 1 is 1.39 bits per heavy atom. The Bertz CT molecular complexity index is 1170. The van der Waals surface area contributed by atoms with Crippen LogP contribution in [0.5, 0.6) is 5.75 Å². The number of nitrogen functional groups attached to an aromatic ring is 1. The molecule has 36 heavy (non-hydrogen) atoms. The number of nitrogens with one attached hydrogen (secondary N) is 1. The number of halogens is 2. The normalized spacial score (nSPS) is 26.4. The van der Waals surface area contributed by atoms with Gasteiger partial charge in [-0.25, -0.2) is 14.3 Å². The van der Waals surface area contributed by atoms with E-state index in [1.807, 2.05) is 0 Å². The zero-order valence-electron chi connectivity index (χ0n) is 19.6. The van der Waals surface area contributed by atoms with Crippen molar-refractivity contribution in [2.45, 2.75) is 56.5 Å². The van der Waals surface area contributed by atoms with Gasteiger partial charge < -0.3 is 29.4 Å². The highest BCUT2D eigenvalue weighted by molar-refractivity contribution is 8.09. The first-order chi connectivity index (χ1) is 16.8. The van der Waals surface area contributed by atoms with E-state index in [9.17, 15) is 14.7 Å². The van der Waals surface area contributed by atoms with E-state index < -0.39 is 54.5 Å². The fourth-order valence-electron chi connectivity index (χ4n) is 3.22. The number of alkyl halides is 2. The van der Waals surface area contributed by atoms with Gasteiger partial charge in [-0.1, -0.05) is 29.8 Å². The molecule has 198 valence electrons. The molecule has 1 aliphatic heterocycles. The molecule has 1 aromatic heterocycles. The van der Waals surface area contributed by atoms with Crippen molar-refractivity contribution in [3.8, 4) is 5.75 Å². The highest BCUT2D eigenvalue weighted by Gasteiger charge is 2.58. The molecule has 3 rings (SSSR count). The second kappa shape index (κ2) is 11.5. The summed E-state index contributed by atoms with van der Waals surface area (Å²) in [5.74, 6) is -0.320. The Morgan fingerprint density at radius 2 is 2.06 bits per heavy atom. The molecule has 1 saturated heterocycles. The van der Waals surface area contributed by atoms with E-state index in [2.05, 4.69) is 10.1 Å². The Labute approximate surface area is 216 Å². The number of nitrogens with zero attached hydrogens (tertiary/aromatic N) is 2. The number of rotatable bonds is 10. The van der Waals surface area contributed by atoms with Gasteiger partial charge in [-0.15, -0.1) is 0 Å². The van der Waals surface area contributed by atoms with Crippen LogP contribution in [0, 0.1) is 0 Å². The van der Waals surface area contributed by atoms with Crippen molar-refractivity contribution in [2.24, 2.45) is 0 Å². The quantitative estimate of drug-likeness (QED) is 0.222. The molecule has 2 heterocycles. The number of nitrogens with two attached hydrogens (primary N) is 1. The maximum absolute atomic E-state index is 15.3. The van der Waals surface area contributed by atoms with E-state index in [0.29, 0.717) is 5.75 Å². The second-order valence-corrected chi connectivity index (χ2v) is 11.9. The molecular formula is C21H27ClFN4O7PS. The topological polar surface area (TPSA) is 147 Å². The summed E-state index contributed by atoms with van der Waals surface area (Å²) in [6.07, 6.45) is -4.22. The van der Waals surface area contributed by atoms with Gasteiger partial charge in [0, 0.05) is 6.20 Å². The third kappa shape index (κ3) is 6.80. The number of anilines is 1. The Hall–Kier alpha value is -2.12. The van der Waals surface area contributed by atoms with Gasteiger partial charge in [0.25, 0.3) is 5.13 Å². The van der Waals surface area contributed by atoms with E-state index in [1.54, 1.807) is 44.2 Å². The minimum atomic E-state index is -3.49. The van der Waals surface area contributed by atoms with Crippen LogP contribution >= 0.6 is 18.2 Å². The lowest BCUT2D eigenvalue weighted by molar-refractivity contribution is -0.149. The van der Waals surface area contributed by atoms with Crippen LogP contribution in [0.15, 0.2) is 47.4 Å². The van der Waals surface area contributed by atoms with E-state index >= 15 is 4.39 Å². The highest BCUT2D eigenvalue weighted by Crippen LogP contribution is 2.48. The van der Waals surface area contributed by atoms with E-state index in [1.165, 1.54) is 13.0 Å². The maximum Gasteiger partial charge on any atom is 0.351 e. The molecule has 1 fully saturated rings. The molecule has 0 aliphatic carbocycles. The van der Waals surface area contributed by atoms with Gasteiger partial charge in [-0.05, 0) is 50.8 Å². The predicted molar refractivity (Wildman–Crippen MR) is 134 cm³/mol. The first-order valence-electron chi connectivity index (χ1n) is 10.9. The molecule has 11 nitrogen and oxygen atoms in total. The van der Waals surface area contributed by atoms with Crippen molar-refractivity contribution >= 4 is 41.8 Å². The number of esters is 1. The largest absolute Gasteiger partial charge is 0.462 e. The molecule has 0 bridgehead atoms. The number of aliphatic hydroxyl groups excluding tert-OH is 1. The molecule has 1 aliphatic rings. The number of carbonyl (C=O) groups is 1. The Kier molecular flexibility index (Phi) is 9.10. The van der Waals surface area contributed by atoms with E-state index in [-0.39, 0.29) is 11.9 Å². The first kappa shape index (κ1) is 28.5. The summed E-state index contributed by atoms with van der Waals surface area (Å²) >= 11 is 11.5. The van der Waals surface area contributed by atoms with Crippen LogP contribution in [-0.4, -0.2) is 56.7 Å². The molecule has 0 unspecified atom stereocenters. The number of aromatic nitrogens is 2. The molecule has 6 atom stereocenters. The third-order valence-electron chi connectivity index (χ3n) is 4.92. The Morgan fingerprint density at radius 3 is 2.67 bits per heavy atom. The molecule has 0 radical (unpaired) electrons. The SMILES string of the molecule is CC(C)OC(=O)[C@H](C)N[P@@](=S)(OC[C@H]1O[C@@H](n2ccc(N)nc2=O)[C@](F)(Cl)[C@@H]1O)Oc1ccccc1. The number of carbonyl (C=O) groups excluding carboxylic acids is 1. The molecule has 0 amide bonds. The molecule has 2 aromatic rings. The zero-order chi connectivity index (χ0) is 26.7.